The number of halogens is 3. The lowest BCUT2D eigenvalue weighted by molar-refractivity contribution is -0.945. The second-order valence-corrected chi connectivity index (χ2v) is 9.88. The Morgan fingerprint density at radius 1 is 0.861 bits per heavy atom. The third-order valence-electron chi connectivity index (χ3n) is 7.62. The number of hydrogen-bond acceptors (Lipinski definition) is 2. The van der Waals surface area contributed by atoms with Crippen LogP contribution in [-0.4, -0.2) is 42.9 Å². The van der Waals surface area contributed by atoms with E-state index in [0.29, 0.717) is 12.5 Å². The van der Waals surface area contributed by atoms with Crippen molar-refractivity contribution in [2.75, 3.05) is 31.1 Å². The van der Waals surface area contributed by atoms with E-state index in [0.717, 1.165) is 66.7 Å². The molecule has 3 aliphatic rings. The number of carbonyl (C=O) groups excluding carboxylic acids is 1. The fourth-order valence-corrected chi connectivity index (χ4v) is 5.52. The summed E-state index contributed by atoms with van der Waals surface area (Å²) in [4.78, 5) is 15.1. The second-order valence-electron chi connectivity index (χ2n) is 9.88. The number of piperidine rings is 3. The van der Waals surface area contributed by atoms with Gasteiger partial charge in [-0.1, -0.05) is 42.5 Å². The van der Waals surface area contributed by atoms with Crippen LogP contribution < -0.4 is 21.9 Å². The van der Waals surface area contributed by atoms with Crippen molar-refractivity contribution in [3.05, 3.63) is 102 Å². The van der Waals surface area contributed by atoms with Crippen LogP contribution in [0.25, 0.3) is 0 Å². The molecule has 7 heteroatoms. The predicted molar refractivity (Wildman–Crippen MR) is 132 cm³/mol. The zero-order chi connectivity index (χ0) is 24.3. The van der Waals surface area contributed by atoms with E-state index in [1.807, 2.05) is 42.5 Å². The molecule has 3 saturated heterocycles. The van der Waals surface area contributed by atoms with Crippen LogP contribution in [0.1, 0.15) is 24.0 Å². The minimum absolute atomic E-state index is 0. The average molecular weight is 557 g/mol. The highest BCUT2D eigenvalue weighted by molar-refractivity contribution is 5.87. The summed E-state index contributed by atoms with van der Waals surface area (Å²) in [5.41, 5.74) is 2.72. The fraction of sp³-hybridized carbons (Fsp3) is 0.345. The number of hydrogen-bond donors (Lipinski definition) is 0. The number of amides is 1. The van der Waals surface area contributed by atoms with Gasteiger partial charge < -0.3 is 26.2 Å². The maximum atomic E-state index is 13.5. The molecule has 0 unspecified atom stereocenters. The van der Waals surface area contributed by atoms with Crippen LogP contribution in [0.3, 0.4) is 0 Å². The molecular formula is C29H31BrF2N2O2. The van der Waals surface area contributed by atoms with Crippen molar-refractivity contribution in [1.29, 1.82) is 0 Å². The fourth-order valence-electron chi connectivity index (χ4n) is 5.52. The van der Waals surface area contributed by atoms with Crippen molar-refractivity contribution < 1.29 is 39.8 Å². The molecule has 0 saturated carbocycles. The van der Waals surface area contributed by atoms with Gasteiger partial charge in [-0.05, 0) is 47.5 Å². The molecule has 1 atom stereocenters. The minimum Gasteiger partial charge on any atom is -1.00 e. The molecule has 190 valence electrons. The Balaban J connectivity index is 0.00000304. The first-order valence-corrected chi connectivity index (χ1v) is 12.4. The highest BCUT2D eigenvalue weighted by Gasteiger charge is 2.47. The Morgan fingerprint density at radius 2 is 1.44 bits per heavy atom. The molecule has 4 nitrogen and oxygen atoms in total. The predicted octanol–water partition coefficient (Wildman–Crippen LogP) is 2.96. The zero-order valence-corrected chi connectivity index (χ0v) is 21.7. The SMILES string of the molecule is O=C(O[C@H]1C[N+]2(CCc3ccc(F)cc3)CCC1CC2)N(Cc1ccc(F)cc1)c1ccccc1.[Br-]. The van der Waals surface area contributed by atoms with Crippen LogP contribution in [0.2, 0.25) is 0 Å². The van der Waals surface area contributed by atoms with Crippen molar-refractivity contribution in [3.63, 3.8) is 0 Å². The van der Waals surface area contributed by atoms with Crippen molar-refractivity contribution in [2.24, 2.45) is 5.92 Å². The molecule has 1 amide bonds. The third kappa shape index (κ3) is 6.13. The van der Waals surface area contributed by atoms with E-state index in [9.17, 15) is 13.6 Å². The van der Waals surface area contributed by atoms with E-state index in [1.165, 1.54) is 24.3 Å². The Morgan fingerprint density at radius 3 is 2.06 bits per heavy atom. The lowest BCUT2D eigenvalue weighted by Gasteiger charge is -2.52. The molecule has 0 aliphatic carbocycles. The normalized spacial score (nSPS) is 22.5. The van der Waals surface area contributed by atoms with Gasteiger partial charge in [0.15, 0.2) is 6.10 Å². The summed E-state index contributed by atoms with van der Waals surface area (Å²) < 4.78 is 33.8. The first kappa shape index (κ1) is 26.3. The molecule has 0 radical (unpaired) electrons. The quantitative estimate of drug-likeness (QED) is 0.419. The summed E-state index contributed by atoms with van der Waals surface area (Å²) >= 11 is 0. The van der Waals surface area contributed by atoms with Gasteiger partial charge in [0.25, 0.3) is 0 Å². The number of rotatable bonds is 7. The number of benzene rings is 3. The Kier molecular flexibility index (Phi) is 8.42. The minimum atomic E-state index is -0.365. The molecule has 2 bridgehead atoms. The van der Waals surface area contributed by atoms with Crippen molar-refractivity contribution in [1.82, 2.24) is 0 Å². The number of anilines is 1. The average Bonchev–Trinajstić information content (AvgIpc) is 2.89. The van der Waals surface area contributed by atoms with Gasteiger partial charge in [-0.25, -0.2) is 13.6 Å². The van der Waals surface area contributed by atoms with Gasteiger partial charge in [-0.2, -0.15) is 0 Å². The Bertz CT molecular complexity index is 1130. The summed E-state index contributed by atoms with van der Waals surface area (Å²) in [5.74, 6) is -0.132. The van der Waals surface area contributed by atoms with Crippen LogP contribution in [0.4, 0.5) is 19.3 Å². The van der Waals surface area contributed by atoms with Crippen molar-refractivity contribution >= 4 is 11.8 Å². The monoisotopic (exact) mass is 556 g/mol. The number of fused-ring (bicyclic) bond motifs is 3. The lowest BCUT2D eigenvalue weighted by atomic mass is 9.83. The number of quaternary nitrogens is 1. The number of carbonyl (C=O) groups is 1. The first-order chi connectivity index (χ1) is 17.0. The molecular weight excluding hydrogens is 526 g/mol. The number of para-hydroxylation sites is 1. The van der Waals surface area contributed by atoms with Crippen LogP contribution in [0.15, 0.2) is 78.9 Å². The van der Waals surface area contributed by atoms with Crippen molar-refractivity contribution in [3.8, 4) is 0 Å². The number of ether oxygens (including phenoxy) is 1. The van der Waals surface area contributed by atoms with Crippen LogP contribution in [0, 0.1) is 17.6 Å². The Hall–Kier alpha value is -2.77. The van der Waals surface area contributed by atoms with Gasteiger partial charge in [0.2, 0.25) is 0 Å². The standard InChI is InChI=1S/C29H31F2N2O2.BrH/c30-25-10-6-22(7-11-25)14-17-33-18-15-24(16-19-33)28(21-33)35-29(34)32(27-4-2-1-3-5-27)20-23-8-12-26(31)13-9-23;/h1-13,24,28H,14-21H2;1H/q+1;/p-1/t24?,28-,33?;/m0./s1. The van der Waals surface area contributed by atoms with Crippen LogP contribution in [-0.2, 0) is 17.7 Å². The smallest absolute Gasteiger partial charge is 0.415 e. The van der Waals surface area contributed by atoms with E-state index in [1.54, 1.807) is 17.0 Å². The molecule has 3 aromatic rings. The van der Waals surface area contributed by atoms with Gasteiger partial charge in [0.05, 0.1) is 26.2 Å². The lowest BCUT2D eigenvalue weighted by Crippen LogP contribution is -3.00. The maximum absolute atomic E-state index is 13.5. The molecule has 6 rings (SSSR count). The molecule has 0 spiro atoms. The van der Waals surface area contributed by atoms with E-state index in [-0.39, 0.29) is 40.8 Å². The zero-order valence-electron chi connectivity index (χ0n) is 20.2. The van der Waals surface area contributed by atoms with E-state index in [2.05, 4.69) is 0 Å². The van der Waals surface area contributed by atoms with E-state index < -0.39 is 0 Å². The molecule has 36 heavy (non-hydrogen) atoms. The van der Waals surface area contributed by atoms with Crippen LogP contribution >= 0.6 is 0 Å². The van der Waals surface area contributed by atoms with Gasteiger partial charge in [-0.15, -0.1) is 0 Å². The summed E-state index contributed by atoms with van der Waals surface area (Å²) in [6.45, 7) is 4.28. The Labute approximate surface area is 221 Å². The van der Waals surface area contributed by atoms with Gasteiger partial charge >= 0.3 is 6.09 Å². The second kappa shape index (κ2) is 11.5. The summed E-state index contributed by atoms with van der Waals surface area (Å²) in [7, 11) is 0. The topological polar surface area (TPSA) is 29.5 Å². The molecule has 3 aromatic carbocycles. The molecule has 3 heterocycles. The van der Waals surface area contributed by atoms with E-state index >= 15 is 0 Å². The third-order valence-corrected chi connectivity index (χ3v) is 7.62. The maximum Gasteiger partial charge on any atom is 0.415 e. The highest BCUT2D eigenvalue weighted by Crippen LogP contribution is 2.36. The first-order valence-electron chi connectivity index (χ1n) is 12.4. The molecule has 3 aliphatic heterocycles. The number of nitrogens with zero attached hydrogens (tertiary/aromatic N) is 2. The molecule has 0 aromatic heterocycles. The summed E-state index contributed by atoms with van der Waals surface area (Å²) in [6.07, 6.45) is 2.48. The largest absolute Gasteiger partial charge is 1.00 e. The molecule has 3 fully saturated rings. The summed E-state index contributed by atoms with van der Waals surface area (Å²) in [5, 5.41) is 0. The van der Waals surface area contributed by atoms with Gasteiger partial charge in [0.1, 0.15) is 18.2 Å². The summed E-state index contributed by atoms with van der Waals surface area (Å²) in [6, 6.07) is 22.4. The van der Waals surface area contributed by atoms with Crippen LogP contribution in [0.5, 0.6) is 0 Å². The van der Waals surface area contributed by atoms with E-state index in [4.69, 9.17) is 4.74 Å². The van der Waals surface area contributed by atoms with Crippen molar-refractivity contribution in [2.45, 2.75) is 31.9 Å². The highest BCUT2D eigenvalue weighted by atomic mass is 79.9. The van der Waals surface area contributed by atoms with Gasteiger partial charge in [0, 0.05) is 30.9 Å². The molecule has 0 N–H and O–H groups in total. The van der Waals surface area contributed by atoms with Gasteiger partial charge in [-0.3, -0.25) is 4.90 Å².